The van der Waals surface area contributed by atoms with Gasteiger partial charge in [0.1, 0.15) is 5.75 Å². The first-order chi connectivity index (χ1) is 9.66. The number of carbonyl (C=O) groups is 1. The predicted molar refractivity (Wildman–Crippen MR) is 96.9 cm³/mol. The number of amides is 1. The Balaban J connectivity index is 0.00000441. The lowest BCUT2D eigenvalue weighted by molar-refractivity contribution is 0.0734. The van der Waals surface area contributed by atoms with Gasteiger partial charge in [-0.15, -0.1) is 12.4 Å². The van der Waals surface area contributed by atoms with Crippen molar-refractivity contribution in [3.05, 3.63) is 28.2 Å². The fourth-order valence-electron chi connectivity index (χ4n) is 2.01. The maximum Gasteiger partial charge on any atom is 0.257 e. The van der Waals surface area contributed by atoms with Crippen molar-refractivity contribution in [1.29, 1.82) is 0 Å². The Morgan fingerprint density at radius 2 is 2.00 bits per heavy atom. The highest BCUT2D eigenvalue weighted by Gasteiger charge is 2.24. The molecule has 0 fully saturated rings. The van der Waals surface area contributed by atoms with E-state index in [0.717, 1.165) is 4.47 Å². The molecule has 1 aromatic carbocycles. The highest BCUT2D eigenvalue weighted by atomic mass is 79.9. The van der Waals surface area contributed by atoms with Crippen LogP contribution in [-0.2, 0) is 0 Å². The molecule has 0 aromatic heterocycles. The van der Waals surface area contributed by atoms with Crippen LogP contribution in [-0.4, -0.2) is 37.0 Å². The summed E-state index contributed by atoms with van der Waals surface area (Å²) in [5.74, 6) is 0.543. The molecule has 1 aromatic rings. The molecule has 126 valence electrons. The lowest BCUT2D eigenvalue weighted by atomic mass is 9.93. The zero-order chi connectivity index (χ0) is 16.2. The van der Waals surface area contributed by atoms with Gasteiger partial charge in [0.2, 0.25) is 0 Å². The molecular formula is C16H26BrClN2O2. The minimum absolute atomic E-state index is 0. The monoisotopic (exact) mass is 392 g/mol. The number of carbonyl (C=O) groups excluding carboxylic acids is 1. The molecule has 0 spiro atoms. The Kier molecular flexibility index (Phi) is 8.44. The van der Waals surface area contributed by atoms with Crippen LogP contribution in [0.3, 0.4) is 0 Å². The van der Waals surface area contributed by atoms with Crippen LogP contribution in [0.1, 0.15) is 38.1 Å². The van der Waals surface area contributed by atoms with E-state index in [9.17, 15) is 4.79 Å². The van der Waals surface area contributed by atoms with Crippen molar-refractivity contribution < 1.29 is 9.53 Å². The van der Waals surface area contributed by atoms with Gasteiger partial charge in [0.25, 0.3) is 5.91 Å². The largest absolute Gasteiger partial charge is 0.490 e. The number of rotatable bonds is 6. The Hall–Kier alpha value is -0.780. The molecule has 0 aliphatic rings. The Bertz CT molecular complexity index is 507. The molecule has 0 unspecified atom stereocenters. The summed E-state index contributed by atoms with van der Waals surface area (Å²) in [7, 11) is 1.79. The Labute approximate surface area is 147 Å². The zero-order valence-electron chi connectivity index (χ0n) is 13.9. The van der Waals surface area contributed by atoms with Crippen LogP contribution in [0.4, 0.5) is 0 Å². The van der Waals surface area contributed by atoms with Crippen LogP contribution >= 0.6 is 28.3 Å². The van der Waals surface area contributed by atoms with Gasteiger partial charge in [-0.05, 0) is 44.0 Å². The lowest BCUT2D eigenvalue weighted by Gasteiger charge is -2.29. The smallest absolute Gasteiger partial charge is 0.257 e. The predicted octanol–water partition coefficient (Wildman–Crippen LogP) is 3.72. The normalized spacial score (nSPS) is 11.1. The minimum Gasteiger partial charge on any atom is -0.490 e. The summed E-state index contributed by atoms with van der Waals surface area (Å²) < 4.78 is 6.64. The standard InChI is InChI=1S/C16H25BrN2O2.ClH/c1-11(2)21-14-8-12(17)6-7-13(14)15(20)19(5)10-16(3,4)9-18;/h6-8,11H,9-10,18H2,1-5H3;1H. The first-order valence-electron chi connectivity index (χ1n) is 7.08. The molecule has 0 radical (unpaired) electrons. The van der Waals surface area contributed by atoms with Crippen molar-refractivity contribution in [2.24, 2.45) is 11.1 Å². The molecule has 22 heavy (non-hydrogen) atoms. The van der Waals surface area contributed by atoms with Crippen molar-refractivity contribution in [3.8, 4) is 5.75 Å². The molecule has 0 bridgehead atoms. The van der Waals surface area contributed by atoms with E-state index in [2.05, 4.69) is 15.9 Å². The van der Waals surface area contributed by atoms with Gasteiger partial charge in [-0.3, -0.25) is 4.79 Å². The van der Waals surface area contributed by atoms with Crippen molar-refractivity contribution in [3.63, 3.8) is 0 Å². The summed E-state index contributed by atoms with van der Waals surface area (Å²) in [4.78, 5) is 14.3. The summed E-state index contributed by atoms with van der Waals surface area (Å²) >= 11 is 3.41. The fraction of sp³-hybridized carbons (Fsp3) is 0.562. The van der Waals surface area contributed by atoms with Crippen molar-refractivity contribution in [1.82, 2.24) is 4.90 Å². The van der Waals surface area contributed by atoms with E-state index in [-0.39, 0.29) is 29.8 Å². The topological polar surface area (TPSA) is 55.6 Å². The van der Waals surface area contributed by atoms with E-state index < -0.39 is 0 Å². The van der Waals surface area contributed by atoms with Crippen LogP contribution in [0.25, 0.3) is 0 Å². The fourth-order valence-corrected chi connectivity index (χ4v) is 2.35. The third-order valence-electron chi connectivity index (χ3n) is 3.10. The number of nitrogens with two attached hydrogens (primary N) is 1. The number of benzene rings is 1. The van der Waals surface area contributed by atoms with Crippen LogP contribution in [0.2, 0.25) is 0 Å². The van der Waals surface area contributed by atoms with Gasteiger partial charge in [-0.1, -0.05) is 29.8 Å². The Morgan fingerprint density at radius 3 is 2.50 bits per heavy atom. The molecular weight excluding hydrogens is 368 g/mol. The van der Waals surface area contributed by atoms with E-state index in [1.165, 1.54) is 0 Å². The van der Waals surface area contributed by atoms with Crippen LogP contribution in [0.15, 0.2) is 22.7 Å². The quantitative estimate of drug-likeness (QED) is 0.801. The second-order valence-electron chi connectivity index (χ2n) is 6.34. The molecule has 2 N–H and O–H groups in total. The van der Waals surface area contributed by atoms with Crippen LogP contribution < -0.4 is 10.5 Å². The van der Waals surface area contributed by atoms with Gasteiger partial charge >= 0.3 is 0 Å². The highest BCUT2D eigenvalue weighted by molar-refractivity contribution is 9.10. The molecule has 4 nitrogen and oxygen atoms in total. The highest BCUT2D eigenvalue weighted by Crippen LogP contribution is 2.26. The molecule has 1 amide bonds. The van der Waals surface area contributed by atoms with Gasteiger partial charge < -0.3 is 15.4 Å². The maximum atomic E-state index is 12.6. The molecule has 0 atom stereocenters. The molecule has 1 rings (SSSR count). The summed E-state index contributed by atoms with van der Waals surface area (Å²) in [6.07, 6.45) is 0.0108. The van der Waals surface area contributed by atoms with Gasteiger partial charge in [-0.2, -0.15) is 0 Å². The maximum absolute atomic E-state index is 12.6. The second-order valence-corrected chi connectivity index (χ2v) is 7.25. The van der Waals surface area contributed by atoms with E-state index in [4.69, 9.17) is 10.5 Å². The number of hydrogen-bond acceptors (Lipinski definition) is 3. The third kappa shape index (κ3) is 6.15. The lowest BCUT2D eigenvalue weighted by Crippen LogP contribution is -2.39. The molecule has 6 heteroatoms. The third-order valence-corrected chi connectivity index (χ3v) is 3.59. The summed E-state index contributed by atoms with van der Waals surface area (Å²) in [5.41, 5.74) is 6.20. The van der Waals surface area contributed by atoms with E-state index >= 15 is 0 Å². The van der Waals surface area contributed by atoms with Gasteiger partial charge in [0.15, 0.2) is 0 Å². The number of halogens is 2. The van der Waals surface area contributed by atoms with E-state index in [1.54, 1.807) is 18.0 Å². The van der Waals surface area contributed by atoms with Crippen molar-refractivity contribution in [2.75, 3.05) is 20.1 Å². The van der Waals surface area contributed by atoms with E-state index in [0.29, 0.717) is 24.4 Å². The summed E-state index contributed by atoms with van der Waals surface area (Å²) in [6.45, 7) is 9.10. The molecule has 0 aliphatic heterocycles. The minimum atomic E-state index is -0.112. The zero-order valence-corrected chi connectivity index (χ0v) is 16.3. The first kappa shape index (κ1) is 21.2. The molecule has 0 heterocycles. The van der Waals surface area contributed by atoms with Gasteiger partial charge in [-0.25, -0.2) is 0 Å². The van der Waals surface area contributed by atoms with Crippen molar-refractivity contribution >= 4 is 34.2 Å². The number of hydrogen-bond donors (Lipinski definition) is 1. The Morgan fingerprint density at radius 1 is 1.41 bits per heavy atom. The van der Waals surface area contributed by atoms with Crippen LogP contribution in [0, 0.1) is 5.41 Å². The summed E-state index contributed by atoms with van der Waals surface area (Å²) in [6, 6.07) is 5.47. The molecule has 0 saturated carbocycles. The second kappa shape index (κ2) is 8.75. The average molecular weight is 394 g/mol. The van der Waals surface area contributed by atoms with Gasteiger partial charge in [0, 0.05) is 18.1 Å². The SMILES string of the molecule is CC(C)Oc1cc(Br)ccc1C(=O)N(C)CC(C)(C)CN.Cl. The van der Waals surface area contributed by atoms with Crippen molar-refractivity contribution in [2.45, 2.75) is 33.8 Å². The van der Waals surface area contributed by atoms with E-state index in [1.807, 2.05) is 39.8 Å². The molecule has 0 aliphatic carbocycles. The average Bonchev–Trinajstić information content (AvgIpc) is 2.37. The molecule has 0 saturated heterocycles. The first-order valence-corrected chi connectivity index (χ1v) is 7.87. The van der Waals surface area contributed by atoms with Gasteiger partial charge in [0.05, 0.1) is 11.7 Å². The van der Waals surface area contributed by atoms with Crippen LogP contribution in [0.5, 0.6) is 5.75 Å². The number of nitrogens with zero attached hydrogens (tertiary/aromatic N) is 1. The summed E-state index contributed by atoms with van der Waals surface area (Å²) in [5, 5.41) is 0. The number of ether oxygens (including phenoxy) is 1.